The fraction of sp³-hybridized carbons (Fsp3) is 0.857. The smallest absolute Gasteiger partial charge is 0.0733 e. The molecule has 0 aromatic heterocycles. The first-order valence-corrected chi connectivity index (χ1v) is 3.60. The van der Waals surface area contributed by atoms with Crippen LogP contribution in [0.25, 0.3) is 0 Å². The SMILES string of the molecule is CN=C(C)C(Cl)C(C)C. The first-order valence-electron chi connectivity index (χ1n) is 3.17. The second-order valence-corrected chi connectivity index (χ2v) is 2.98. The lowest BCUT2D eigenvalue weighted by atomic mass is 10.1. The van der Waals surface area contributed by atoms with Gasteiger partial charge in [-0.1, -0.05) is 13.8 Å². The molecule has 0 saturated carbocycles. The number of hydrogen-bond acceptors (Lipinski definition) is 1. The molecule has 1 unspecified atom stereocenters. The van der Waals surface area contributed by atoms with E-state index >= 15 is 0 Å². The highest BCUT2D eigenvalue weighted by Crippen LogP contribution is 2.10. The summed E-state index contributed by atoms with van der Waals surface area (Å²) in [4.78, 5) is 3.99. The van der Waals surface area contributed by atoms with Crippen molar-refractivity contribution in [2.45, 2.75) is 26.1 Å². The number of alkyl halides is 1. The third kappa shape index (κ3) is 2.85. The predicted octanol–water partition coefficient (Wildman–Crippen LogP) is 2.34. The molecule has 54 valence electrons. The van der Waals surface area contributed by atoms with E-state index in [2.05, 4.69) is 18.8 Å². The Hall–Kier alpha value is -0.0400. The highest BCUT2D eigenvalue weighted by molar-refractivity contribution is 6.31. The zero-order chi connectivity index (χ0) is 7.44. The van der Waals surface area contributed by atoms with E-state index in [1.165, 1.54) is 0 Å². The summed E-state index contributed by atoms with van der Waals surface area (Å²) in [6.45, 7) is 6.14. The van der Waals surface area contributed by atoms with Crippen LogP contribution in [0.1, 0.15) is 20.8 Å². The van der Waals surface area contributed by atoms with Crippen molar-refractivity contribution in [3.63, 3.8) is 0 Å². The van der Waals surface area contributed by atoms with Crippen molar-refractivity contribution < 1.29 is 0 Å². The second-order valence-electron chi connectivity index (χ2n) is 2.51. The standard InChI is InChI=1S/C7H14ClN/c1-5(2)7(8)6(3)9-4/h5,7H,1-4H3. The average Bonchev–Trinajstić information content (AvgIpc) is 1.84. The summed E-state index contributed by atoms with van der Waals surface area (Å²) < 4.78 is 0. The third-order valence-electron chi connectivity index (χ3n) is 1.34. The van der Waals surface area contributed by atoms with Crippen molar-refractivity contribution in [2.75, 3.05) is 7.05 Å². The van der Waals surface area contributed by atoms with Crippen molar-refractivity contribution in [1.29, 1.82) is 0 Å². The van der Waals surface area contributed by atoms with Gasteiger partial charge >= 0.3 is 0 Å². The Kier molecular flexibility index (Phi) is 3.87. The largest absolute Gasteiger partial charge is 0.296 e. The molecule has 0 aliphatic heterocycles. The summed E-state index contributed by atoms with van der Waals surface area (Å²) >= 11 is 5.94. The Morgan fingerprint density at radius 3 is 2.00 bits per heavy atom. The highest BCUT2D eigenvalue weighted by atomic mass is 35.5. The van der Waals surface area contributed by atoms with Gasteiger partial charge in [-0.3, -0.25) is 4.99 Å². The molecule has 0 rings (SSSR count). The van der Waals surface area contributed by atoms with Crippen LogP contribution in [0.4, 0.5) is 0 Å². The zero-order valence-electron chi connectivity index (χ0n) is 6.48. The van der Waals surface area contributed by atoms with Crippen molar-refractivity contribution in [3.8, 4) is 0 Å². The Balaban J connectivity index is 3.88. The molecule has 9 heavy (non-hydrogen) atoms. The maximum atomic E-state index is 5.94. The number of halogens is 1. The molecule has 0 saturated heterocycles. The average molecular weight is 148 g/mol. The van der Waals surface area contributed by atoms with Gasteiger partial charge in [0.1, 0.15) is 0 Å². The second kappa shape index (κ2) is 3.89. The third-order valence-corrected chi connectivity index (χ3v) is 2.16. The monoisotopic (exact) mass is 147 g/mol. The first kappa shape index (κ1) is 8.96. The van der Waals surface area contributed by atoms with Crippen LogP contribution in [0.2, 0.25) is 0 Å². The molecule has 0 bridgehead atoms. The quantitative estimate of drug-likeness (QED) is 0.420. The summed E-state index contributed by atoms with van der Waals surface area (Å²) in [5.41, 5.74) is 1.02. The molecule has 0 aromatic carbocycles. The number of rotatable bonds is 2. The summed E-state index contributed by atoms with van der Waals surface area (Å²) in [5.74, 6) is 0.482. The molecule has 0 N–H and O–H groups in total. The van der Waals surface area contributed by atoms with Gasteiger partial charge in [-0.15, -0.1) is 11.6 Å². The van der Waals surface area contributed by atoms with Gasteiger partial charge in [0.15, 0.2) is 0 Å². The first-order chi connectivity index (χ1) is 4.09. The maximum Gasteiger partial charge on any atom is 0.0733 e. The van der Waals surface area contributed by atoms with Crippen LogP contribution < -0.4 is 0 Å². The molecule has 0 amide bonds. The van der Waals surface area contributed by atoms with Gasteiger partial charge in [0, 0.05) is 12.8 Å². The molecule has 0 heterocycles. The molecule has 0 fully saturated rings. The topological polar surface area (TPSA) is 12.4 Å². The molecule has 0 aliphatic carbocycles. The van der Waals surface area contributed by atoms with Crippen molar-refractivity contribution in [1.82, 2.24) is 0 Å². The Morgan fingerprint density at radius 2 is 1.89 bits per heavy atom. The van der Waals surface area contributed by atoms with Gasteiger partial charge in [0.25, 0.3) is 0 Å². The van der Waals surface area contributed by atoms with E-state index in [1.807, 2.05) is 6.92 Å². The van der Waals surface area contributed by atoms with E-state index in [0.29, 0.717) is 5.92 Å². The van der Waals surface area contributed by atoms with Gasteiger partial charge < -0.3 is 0 Å². The lowest BCUT2D eigenvalue weighted by Crippen LogP contribution is -2.17. The Labute approximate surface area is 62.1 Å². The van der Waals surface area contributed by atoms with Gasteiger partial charge in [0.05, 0.1) is 5.38 Å². The highest BCUT2D eigenvalue weighted by Gasteiger charge is 2.11. The number of aliphatic imine (C=N–C) groups is 1. The van der Waals surface area contributed by atoms with Gasteiger partial charge in [-0.2, -0.15) is 0 Å². The van der Waals surface area contributed by atoms with E-state index in [0.717, 1.165) is 5.71 Å². The van der Waals surface area contributed by atoms with Crippen LogP contribution in [0.15, 0.2) is 4.99 Å². The Morgan fingerprint density at radius 1 is 1.44 bits per heavy atom. The Bertz CT molecular complexity index is 107. The molecular weight excluding hydrogens is 134 g/mol. The van der Waals surface area contributed by atoms with E-state index in [1.54, 1.807) is 7.05 Å². The number of nitrogens with zero attached hydrogens (tertiary/aromatic N) is 1. The fourth-order valence-electron chi connectivity index (χ4n) is 0.606. The lowest BCUT2D eigenvalue weighted by molar-refractivity contribution is 0.689. The van der Waals surface area contributed by atoms with E-state index in [9.17, 15) is 0 Å². The minimum atomic E-state index is 0.106. The van der Waals surface area contributed by atoms with Crippen LogP contribution in [0.3, 0.4) is 0 Å². The van der Waals surface area contributed by atoms with Gasteiger partial charge in [0.2, 0.25) is 0 Å². The summed E-state index contributed by atoms with van der Waals surface area (Å²) in [6.07, 6.45) is 0. The molecule has 0 radical (unpaired) electrons. The maximum absolute atomic E-state index is 5.94. The van der Waals surface area contributed by atoms with Crippen LogP contribution in [0, 0.1) is 5.92 Å². The van der Waals surface area contributed by atoms with Crippen LogP contribution in [-0.2, 0) is 0 Å². The van der Waals surface area contributed by atoms with Crippen LogP contribution >= 0.6 is 11.6 Å². The summed E-state index contributed by atoms with van der Waals surface area (Å²) in [5, 5.41) is 0.106. The van der Waals surface area contributed by atoms with Crippen molar-refractivity contribution >= 4 is 17.3 Å². The van der Waals surface area contributed by atoms with Crippen LogP contribution in [0.5, 0.6) is 0 Å². The van der Waals surface area contributed by atoms with E-state index < -0.39 is 0 Å². The van der Waals surface area contributed by atoms with Gasteiger partial charge in [-0.25, -0.2) is 0 Å². The molecular formula is C7H14ClN. The lowest BCUT2D eigenvalue weighted by Gasteiger charge is -2.11. The molecule has 0 spiro atoms. The minimum absolute atomic E-state index is 0.106. The molecule has 1 nitrogen and oxygen atoms in total. The van der Waals surface area contributed by atoms with Gasteiger partial charge in [-0.05, 0) is 12.8 Å². The molecule has 0 aliphatic rings. The zero-order valence-corrected chi connectivity index (χ0v) is 7.24. The normalized spacial score (nSPS) is 16.4. The van der Waals surface area contributed by atoms with Crippen molar-refractivity contribution in [2.24, 2.45) is 10.9 Å². The molecule has 0 aromatic rings. The van der Waals surface area contributed by atoms with Crippen LogP contribution in [-0.4, -0.2) is 18.1 Å². The summed E-state index contributed by atoms with van der Waals surface area (Å²) in [6, 6.07) is 0. The minimum Gasteiger partial charge on any atom is -0.296 e. The van der Waals surface area contributed by atoms with E-state index in [4.69, 9.17) is 11.6 Å². The van der Waals surface area contributed by atoms with E-state index in [-0.39, 0.29) is 5.38 Å². The molecule has 2 heteroatoms. The van der Waals surface area contributed by atoms with Crippen molar-refractivity contribution in [3.05, 3.63) is 0 Å². The number of hydrogen-bond donors (Lipinski definition) is 0. The predicted molar refractivity (Wildman–Crippen MR) is 43.5 cm³/mol. The molecule has 1 atom stereocenters. The summed E-state index contributed by atoms with van der Waals surface area (Å²) in [7, 11) is 1.77. The fourth-order valence-corrected chi connectivity index (χ4v) is 0.703.